The number of carbonyl (C=O) groups excluding carboxylic acids is 1. The number of amides is 1. The minimum atomic E-state index is -0.0771. The molecule has 2 rings (SSSR count). The Balaban J connectivity index is 1.95. The van der Waals surface area contributed by atoms with E-state index in [4.69, 9.17) is 4.74 Å². The molecule has 104 valence electrons. The number of rotatable bonds is 5. The molecule has 0 radical (unpaired) electrons. The average molecular weight is 269 g/mol. The van der Waals surface area contributed by atoms with Gasteiger partial charge in [-0.2, -0.15) is 0 Å². The van der Waals surface area contributed by atoms with Crippen LogP contribution in [0, 0.1) is 0 Å². The maximum atomic E-state index is 12.1. The Kier molecular flexibility index (Phi) is 4.77. The van der Waals surface area contributed by atoms with E-state index in [1.54, 1.807) is 19.2 Å². The van der Waals surface area contributed by atoms with Gasteiger partial charge in [0.2, 0.25) is 0 Å². The highest BCUT2D eigenvalue weighted by molar-refractivity contribution is 5.94. The lowest BCUT2D eigenvalue weighted by molar-refractivity contribution is 0.0951. The van der Waals surface area contributed by atoms with Gasteiger partial charge in [0.1, 0.15) is 5.75 Å². The zero-order valence-electron chi connectivity index (χ0n) is 11.8. The van der Waals surface area contributed by atoms with Crippen molar-refractivity contribution in [3.8, 4) is 5.75 Å². The van der Waals surface area contributed by atoms with Crippen molar-refractivity contribution in [2.24, 2.45) is 0 Å². The Labute approximate surface area is 119 Å². The summed E-state index contributed by atoms with van der Waals surface area (Å²) in [5, 5.41) is 2.95. The van der Waals surface area contributed by atoms with Crippen molar-refractivity contribution in [1.82, 2.24) is 5.32 Å². The molecule has 0 saturated heterocycles. The van der Waals surface area contributed by atoms with Crippen LogP contribution in [-0.2, 0) is 0 Å². The molecule has 0 aliphatic carbocycles. The molecule has 0 aliphatic heterocycles. The van der Waals surface area contributed by atoms with E-state index in [1.165, 1.54) is 5.56 Å². The van der Waals surface area contributed by atoms with Crippen LogP contribution in [0.25, 0.3) is 0 Å². The predicted octanol–water partition coefficient (Wildman–Crippen LogP) is 3.23. The summed E-state index contributed by atoms with van der Waals surface area (Å²) in [5.74, 6) is 0.895. The highest BCUT2D eigenvalue weighted by Crippen LogP contribution is 2.15. The van der Waals surface area contributed by atoms with E-state index in [2.05, 4.69) is 24.4 Å². The smallest absolute Gasteiger partial charge is 0.251 e. The molecule has 0 fully saturated rings. The van der Waals surface area contributed by atoms with E-state index in [9.17, 15) is 4.79 Å². The Morgan fingerprint density at radius 2 is 1.90 bits per heavy atom. The number of nitrogens with one attached hydrogen (secondary N) is 1. The van der Waals surface area contributed by atoms with Gasteiger partial charge in [0.15, 0.2) is 0 Å². The second kappa shape index (κ2) is 6.75. The molecular weight excluding hydrogens is 250 g/mol. The quantitative estimate of drug-likeness (QED) is 0.905. The molecule has 20 heavy (non-hydrogen) atoms. The summed E-state index contributed by atoms with van der Waals surface area (Å²) in [5.41, 5.74) is 1.84. The summed E-state index contributed by atoms with van der Waals surface area (Å²) in [7, 11) is 1.59. The van der Waals surface area contributed by atoms with E-state index in [1.807, 2.05) is 30.3 Å². The lowest BCUT2D eigenvalue weighted by Gasteiger charge is -2.13. The summed E-state index contributed by atoms with van der Waals surface area (Å²) in [4.78, 5) is 12.1. The highest BCUT2D eigenvalue weighted by Gasteiger charge is 2.09. The maximum absolute atomic E-state index is 12.1. The first-order valence-corrected chi connectivity index (χ1v) is 6.68. The van der Waals surface area contributed by atoms with Crippen molar-refractivity contribution in [2.45, 2.75) is 12.8 Å². The first-order valence-electron chi connectivity index (χ1n) is 6.68. The number of ether oxygens (including phenoxy) is 1. The molecule has 0 spiro atoms. The molecule has 0 aromatic heterocycles. The van der Waals surface area contributed by atoms with Gasteiger partial charge >= 0.3 is 0 Å². The fraction of sp³-hybridized carbons (Fsp3) is 0.235. The van der Waals surface area contributed by atoms with Gasteiger partial charge in [0.25, 0.3) is 5.91 Å². The molecule has 1 N–H and O–H groups in total. The van der Waals surface area contributed by atoms with Crippen molar-refractivity contribution in [3.63, 3.8) is 0 Å². The molecular formula is C17H19NO2. The summed E-state index contributed by atoms with van der Waals surface area (Å²) < 4.78 is 5.12. The van der Waals surface area contributed by atoms with Crippen molar-refractivity contribution < 1.29 is 9.53 Å². The van der Waals surface area contributed by atoms with Crippen LogP contribution in [0.4, 0.5) is 0 Å². The van der Waals surface area contributed by atoms with Crippen LogP contribution >= 0.6 is 0 Å². The van der Waals surface area contributed by atoms with Gasteiger partial charge in [-0.1, -0.05) is 43.3 Å². The zero-order chi connectivity index (χ0) is 14.4. The first-order chi connectivity index (χ1) is 9.70. The Morgan fingerprint density at radius 1 is 1.15 bits per heavy atom. The molecule has 2 aromatic carbocycles. The maximum Gasteiger partial charge on any atom is 0.251 e. The molecule has 1 atom stereocenters. The van der Waals surface area contributed by atoms with Crippen LogP contribution in [0.3, 0.4) is 0 Å². The van der Waals surface area contributed by atoms with Crippen LogP contribution in [0.5, 0.6) is 5.75 Å². The van der Waals surface area contributed by atoms with Gasteiger partial charge in [0.05, 0.1) is 7.11 Å². The van der Waals surface area contributed by atoms with Crippen LogP contribution < -0.4 is 10.1 Å². The van der Waals surface area contributed by atoms with Crippen LogP contribution in [-0.4, -0.2) is 19.6 Å². The van der Waals surface area contributed by atoms with Gasteiger partial charge in [-0.25, -0.2) is 0 Å². The summed E-state index contributed by atoms with van der Waals surface area (Å²) in [6, 6.07) is 17.3. The largest absolute Gasteiger partial charge is 0.497 e. The van der Waals surface area contributed by atoms with Crippen molar-refractivity contribution in [2.75, 3.05) is 13.7 Å². The number of hydrogen-bond acceptors (Lipinski definition) is 2. The van der Waals surface area contributed by atoms with Crippen LogP contribution in [0.2, 0.25) is 0 Å². The lowest BCUT2D eigenvalue weighted by Crippen LogP contribution is -2.27. The molecule has 3 heteroatoms. The van der Waals surface area contributed by atoms with Gasteiger partial charge in [-0.15, -0.1) is 0 Å². The average Bonchev–Trinajstić information content (AvgIpc) is 2.53. The molecule has 0 heterocycles. The number of hydrogen-bond donors (Lipinski definition) is 1. The van der Waals surface area contributed by atoms with Gasteiger partial charge < -0.3 is 10.1 Å². The third kappa shape index (κ3) is 3.60. The fourth-order valence-corrected chi connectivity index (χ4v) is 2.01. The topological polar surface area (TPSA) is 38.3 Å². The Morgan fingerprint density at radius 3 is 2.60 bits per heavy atom. The molecule has 1 unspecified atom stereocenters. The standard InChI is InChI=1S/C17H19NO2/c1-13(14-7-4-3-5-8-14)12-18-17(19)15-9-6-10-16(11-15)20-2/h3-11,13H,12H2,1-2H3,(H,18,19). The number of carbonyl (C=O) groups is 1. The molecule has 0 bridgehead atoms. The monoisotopic (exact) mass is 269 g/mol. The molecule has 0 saturated carbocycles. The number of methoxy groups -OCH3 is 1. The van der Waals surface area contributed by atoms with Crippen molar-refractivity contribution in [3.05, 3.63) is 65.7 Å². The van der Waals surface area contributed by atoms with E-state index in [0.717, 1.165) is 0 Å². The summed E-state index contributed by atoms with van der Waals surface area (Å²) in [6.45, 7) is 2.71. The first kappa shape index (κ1) is 14.1. The summed E-state index contributed by atoms with van der Waals surface area (Å²) >= 11 is 0. The number of benzene rings is 2. The molecule has 1 amide bonds. The predicted molar refractivity (Wildman–Crippen MR) is 80.2 cm³/mol. The van der Waals surface area contributed by atoms with Crippen molar-refractivity contribution in [1.29, 1.82) is 0 Å². The van der Waals surface area contributed by atoms with Gasteiger partial charge in [-0.3, -0.25) is 4.79 Å². The normalized spacial score (nSPS) is 11.7. The third-order valence-corrected chi connectivity index (χ3v) is 3.27. The zero-order valence-corrected chi connectivity index (χ0v) is 11.8. The molecule has 3 nitrogen and oxygen atoms in total. The fourth-order valence-electron chi connectivity index (χ4n) is 2.01. The Hall–Kier alpha value is -2.29. The third-order valence-electron chi connectivity index (χ3n) is 3.27. The van der Waals surface area contributed by atoms with Crippen molar-refractivity contribution >= 4 is 5.91 Å². The summed E-state index contributed by atoms with van der Waals surface area (Å²) in [6.07, 6.45) is 0. The van der Waals surface area contributed by atoms with E-state index in [0.29, 0.717) is 17.9 Å². The second-order valence-electron chi connectivity index (χ2n) is 4.75. The van der Waals surface area contributed by atoms with Gasteiger partial charge in [-0.05, 0) is 29.7 Å². The minimum absolute atomic E-state index is 0.0771. The van der Waals surface area contributed by atoms with Crippen LogP contribution in [0.1, 0.15) is 28.8 Å². The highest BCUT2D eigenvalue weighted by atomic mass is 16.5. The second-order valence-corrected chi connectivity index (χ2v) is 4.75. The minimum Gasteiger partial charge on any atom is -0.497 e. The Bertz CT molecular complexity index is 566. The SMILES string of the molecule is COc1cccc(C(=O)NCC(C)c2ccccc2)c1. The van der Waals surface area contributed by atoms with Gasteiger partial charge in [0, 0.05) is 12.1 Å². The van der Waals surface area contributed by atoms with Crippen LogP contribution in [0.15, 0.2) is 54.6 Å². The van der Waals surface area contributed by atoms with E-state index >= 15 is 0 Å². The van der Waals surface area contributed by atoms with E-state index < -0.39 is 0 Å². The molecule has 2 aromatic rings. The van der Waals surface area contributed by atoms with E-state index in [-0.39, 0.29) is 11.8 Å². The lowest BCUT2D eigenvalue weighted by atomic mass is 10.0. The molecule has 0 aliphatic rings.